The number of carbonyl (C=O) groups is 1. The lowest BCUT2D eigenvalue weighted by Gasteiger charge is -2.29. The summed E-state index contributed by atoms with van der Waals surface area (Å²) in [5.41, 5.74) is 3.71. The molecule has 1 aliphatic heterocycles. The average Bonchev–Trinajstić information content (AvgIpc) is 3.20. The Morgan fingerprint density at radius 3 is 2.70 bits per heavy atom. The number of morpholine rings is 1. The van der Waals surface area contributed by atoms with Crippen LogP contribution >= 0.6 is 38.9 Å². The van der Waals surface area contributed by atoms with Crippen molar-refractivity contribution in [2.24, 2.45) is 0 Å². The highest BCUT2D eigenvalue weighted by molar-refractivity contribution is 9.10. The number of anilines is 1. The van der Waals surface area contributed by atoms with Crippen LogP contribution in [0.2, 0.25) is 5.02 Å². The van der Waals surface area contributed by atoms with Crippen LogP contribution in [0, 0.1) is 13.8 Å². The smallest absolute Gasteiger partial charge is 0.261 e. The second-order valence-electron chi connectivity index (χ2n) is 7.41. The summed E-state index contributed by atoms with van der Waals surface area (Å²) in [6.07, 6.45) is 0. The average molecular weight is 509 g/mol. The van der Waals surface area contributed by atoms with Gasteiger partial charge in [0.25, 0.3) is 5.91 Å². The maximum Gasteiger partial charge on any atom is 0.261 e. The molecule has 3 aromatic rings. The molecule has 4 rings (SSSR count). The lowest BCUT2D eigenvalue weighted by Crippen LogP contribution is -2.43. The van der Waals surface area contributed by atoms with Gasteiger partial charge in [0.15, 0.2) is 5.13 Å². The topological polar surface area (TPSA) is 45.7 Å². The molecule has 8 heteroatoms. The van der Waals surface area contributed by atoms with Gasteiger partial charge in [-0.3, -0.25) is 14.6 Å². The second-order valence-corrected chi connectivity index (χ2v) is 9.71. The zero-order valence-electron chi connectivity index (χ0n) is 17.0. The molecule has 0 unspecified atom stereocenters. The van der Waals surface area contributed by atoms with Gasteiger partial charge in [-0.2, -0.15) is 0 Å². The second kappa shape index (κ2) is 9.32. The van der Waals surface area contributed by atoms with Crippen LogP contribution in [0.5, 0.6) is 0 Å². The van der Waals surface area contributed by atoms with Crippen LogP contribution in [0.15, 0.2) is 34.8 Å². The van der Waals surface area contributed by atoms with E-state index in [9.17, 15) is 4.79 Å². The van der Waals surface area contributed by atoms with Crippen molar-refractivity contribution < 1.29 is 9.53 Å². The Bertz CT molecular complexity index is 1040. The highest BCUT2D eigenvalue weighted by atomic mass is 79.9. The lowest BCUT2D eigenvalue weighted by atomic mass is 10.1. The standard InChI is InChI=1S/C22H23BrClN3O2S/c1-14-3-4-15(2)20-19(14)25-22(30-20)27(8-7-26-9-11-29-12-10-26)21(28)17-13-16(23)5-6-18(17)24/h3-6,13H,7-12H2,1-2H3. The minimum Gasteiger partial charge on any atom is -0.379 e. The van der Waals surface area contributed by atoms with Gasteiger partial charge in [0.2, 0.25) is 0 Å². The monoisotopic (exact) mass is 507 g/mol. The van der Waals surface area contributed by atoms with Crippen LogP contribution in [0.1, 0.15) is 21.5 Å². The van der Waals surface area contributed by atoms with E-state index < -0.39 is 0 Å². The number of hydrogen-bond acceptors (Lipinski definition) is 5. The number of ether oxygens (including phenoxy) is 1. The number of fused-ring (bicyclic) bond motifs is 1. The van der Waals surface area contributed by atoms with Crippen LogP contribution < -0.4 is 4.90 Å². The molecular formula is C22H23BrClN3O2S. The number of benzene rings is 2. The largest absolute Gasteiger partial charge is 0.379 e. The van der Waals surface area contributed by atoms with Gasteiger partial charge in [-0.25, -0.2) is 4.98 Å². The summed E-state index contributed by atoms with van der Waals surface area (Å²) in [7, 11) is 0. The number of thiazole rings is 1. The van der Waals surface area contributed by atoms with Crippen molar-refractivity contribution in [3.05, 3.63) is 56.5 Å². The van der Waals surface area contributed by atoms with Crippen LogP contribution in [0.25, 0.3) is 10.2 Å². The van der Waals surface area contributed by atoms with Crippen LogP contribution in [0.3, 0.4) is 0 Å². The van der Waals surface area contributed by atoms with Gasteiger partial charge in [-0.05, 0) is 43.2 Å². The number of aryl methyl sites for hydroxylation is 2. The molecule has 30 heavy (non-hydrogen) atoms. The first-order chi connectivity index (χ1) is 14.4. The Balaban J connectivity index is 1.71. The maximum absolute atomic E-state index is 13.6. The van der Waals surface area contributed by atoms with E-state index >= 15 is 0 Å². The van der Waals surface area contributed by atoms with Crippen LogP contribution in [0.4, 0.5) is 5.13 Å². The molecule has 1 aromatic heterocycles. The molecular weight excluding hydrogens is 486 g/mol. The zero-order valence-corrected chi connectivity index (χ0v) is 20.1. The highest BCUT2D eigenvalue weighted by Gasteiger charge is 2.25. The fraction of sp³-hybridized carbons (Fsp3) is 0.364. The van der Waals surface area contributed by atoms with Gasteiger partial charge >= 0.3 is 0 Å². The van der Waals surface area contributed by atoms with E-state index in [0.29, 0.717) is 22.3 Å². The number of hydrogen-bond donors (Lipinski definition) is 0. The minimum absolute atomic E-state index is 0.135. The SMILES string of the molecule is Cc1ccc(C)c2sc(N(CCN3CCOCC3)C(=O)c3cc(Br)ccc3Cl)nc12. The summed E-state index contributed by atoms with van der Waals surface area (Å²) in [4.78, 5) is 22.5. The summed E-state index contributed by atoms with van der Waals surface area (Å²) >= 11 is 11.4. The number of aromatic nitrogens is 1. The molecule has 0 atom stereocenters. The molecule has 5 nitrogen and oxygen atoms in total. The molecule has 0 spiro atoms. The molecule has 1 saturated heterocycles. The number of carbonyl (C=O) groups excluding carboxylic acids is 1. The first-order valence-corrected chi connectivity index (χ1v) is 11.9. The fourth-order valence-corrected chi connectivity index (χ4v) is 5.22. The molecule has 158 valence electrons. The van der Waals surface area contributed by atoms with E-state index in [1.54, 1.807) is 28.4 Å². The maximum atomic E-state index is 13.6. The number of rotatable bonds is 5. The van der Waals surface area contributed by atoms with Gasteiger partial charge in [-0.15, -0.1) is 0 Å². The van der Waals surface area contributed by atoms with Crippen molar-refractivity contribution in [1.29, 1.82) is 0 Å². The fourth-order valence-electron chi connectivity index (χ4n) is 3.52. The summed E-state index contributed by atoms with van der Waals surface area (Å²) in [6, 6.07) is 9.53. The normalized spacial score (nSPS) is 14.9. The molecule has 0 aliphatic carbocycles. The van der Waals surface area contributed by atoms with Gasteiger partial charge < -0.3 is 4.74 Å². The lowest BCUT2D eigenvalue weighted by molar-refractivity contribution is 0.0391. The summed E-state index contributed by atoms with van der Waals surface area (Å²) in [6.45, 7) is 8.63. The quantitative estimate of drug-likeness (QED) is 0.469. The summed E-state index contributed by atoms with van der Waals surface area (Å²) < 4.78 is 7.39. The van der Waals surface area contributed by atoms with Crippen molar-refractivity contribution >= 4 is 60.1 Å². The van der Waals surface area contributed by atoms with Crippen molar-refractivity contribution in [1.82, 2.24) is 9.88 Å². The van der Waals surface area contributed by atoms with Crippen LogP contribution in [-0.2, 0) is 4.74 Å². The Morgan fingerprint density at radius 2 is 1.97 bits per heavy atom. The van der Waals surface area contributed by atoms with Crippen LogP contribution in [-0.4, -0.2) is 55.2 Å². The molecule has 1 fully saturated rings. The van der Waals surface area contributed by atoms with E-state index in [2.05, 4.69) is 46.8 Å². The number of nitrogens with zero attached hydrogens (tertiary/aromatic N) is 3. The molecule has 1 aliphatic rings. The van der Waals surface area contributed by atoms with Gasteiger partial charge in [0.1, 0.15) is 0 Å². The Morgan fingerprint density at radius 1 is 1.23 bits per heavy atom. The van der Waals surface area contributed by atoms with Gasteiger partial charge in [0.05, 0.1) is 34.0 Å². The van der Waals surface area contributed by atoms with Gasteiger partial charge in [0, 0.05) is 30.7 Å². The predicted molar refractivity (Wildman–Crippen MR) is 127 cm³/mol. The third kappa shape index (κ3) is 4.55. The first-order valence-electron chi connectivity index (χ1n) is 9.88. The van der Waals surface area contributed by atoms with Crippen molar-refractivity contribution in [2.45, 2.75) is 13.8 Å². The third-order valence-electron chi connectivity index (χ3n) is 5.31. The Hall–Kier alpha value is -1.51. The molecule has 0 radical (unpaired) electrons. The van der Waals surface area contributed by atoms with E-state index in [0.717, 1.165) is 53.1 Å². The Labute approximate surface area is 193 Å². The predicted octanol–water partition coefficient (Wildman–Crippen LogP) is 5.31. The molecule has 0 N–H and O–H groups in total. The van der Waals surface area contributed by atoms with Crippen molar-refractivity contribution in [3.63, 3.8) is 0 Å². The minimum atomic E-state index is -0.135. The van der Waals surface area contributed by atoms with E-state index in [4.69, 9.17) is 21.3 Å². The molecule has 1 amide bonds. The van der Waals surface area contributed by atoms with E-state index in [1.165, 1.54) is 5.56 Å². The van der Waals surface area contributed by atoms with E-state index in [-0.39, 0.29) is 5.91 Å². The van der Waals surface area contributed by atoms with Crippen molar-refractivity contribution in [3.8, 4) is 0 Å². The number of halogens is 2. The van der Waals surface area contributed by atoms with E-state index in [1.807, 2.05) is 6.07 Å². The number of amides is 1. The molecule has 2 aromatic carbocycles. The third-order valence-corrected chi connectivity index (χ3v) is 7.35. The molecule has 0 saturated carbocycles. The van der Waals surface area contributed by atoms with Crippen molar-refractivity contribution in [2.75, 3.05) is 44.3 Å². The molecule has 2 heterocycles. The Kier molecular flexibility index (Phi) is 6.75. The molecule has 0 bridgehead atoms. The first kappa shape index (κ1) is 21.7. The summed E-state index contributed by atoms with van der Waals surface area (Å²) in [5, 5.41) is 1.14. The highest BCUT2D eigenvalue weighted by Crippen LogP contribution is 2.34. The van der Waals surface area contributed by atoms with Gasteiger partial charge in [-0.1, -0.05) is 51.0 Å². The summed E-state index contributed by atoms with van der Waals surface area (Å²) in [5.74, 6) is -0.135. The zero-order chi connectivity index (χ0) is 21.3.